The molecule has 0 aromatic carbocycles. The number of Topliss-reactive ketones (excluding diaryl/α,β-unsaturated/α-hetero) is 1. The van der Waals surface area contributed by atoms with Gasteiger partial charge in [0.2, 0.25) is 0 Å². The Morgan fingerprint density at radius 3 is 2.47 bits per heavy atom. The fourth-order valence-electron chi connectivity index (χ4n) is 3.58. The van der Waals surface area contributed by atoms with Crippen molar-refractivity contribution in [1.29, 1.82) is 0 Å². The van der Waals surface area contributed by atoms with Gasteiger partial charge < -0.3 is 15.3 Å². The summed E-state index contributed by atoms with van der Waals surface area (Å²) < 4.78 is 0. The summed E-state index contributed by atoms with van der Waals surface area (Å²) in [5.41, 5.74) is -0.850. The lowest BCUT2D eigenvalue weighted by molar-refractivity contribution is -0.118. The van der Waals surface area contributed by atoms with E-state index in [0.29, 0.717) is 24.0 Å². The van der Waals surface area contributed by atoms with E-state index in [0.717, 1.165) is 0 Å². The molecule has 0 aromatic heterocycles. The second kappa shape index (κ2) is 4.40. The van der Waals surface area contributed by atoms with Crippen LogP contribution in [0.1, 0.15) is 47.0 Å². The molecule has 0 radical (unpaired) electrons. The van der Waals surface area contributed by atoms with Crippen LogP contribution in [-0.2, 0) is 4.79 Å². The van der Waals surface area contributed by atoms with Crippen LogP contribution in [0.15, 0.2) is 11.1 Å². The number of aliphatic hydroxyl groups excluding tert-OH is 1. The average molecular weight is 268 g/mol. The third-order valence-electron chi connectivity index (χ3n) is 5.03. The third kappa shape index (κ3) is 2.26. The first-order valence-electron chi connectivity index (χ1n) is 6.93. The van der Waals surface area contributed by atoms with Gasteiger partial charge in [-0.05, 0) is 50.7 Å². The van der Waals surface area contributed by atoms with E-state index in [1.54, 1.807) is 20.8 Å². The van der Waals surface area contributed by atoms with E-state index in [9.17, 15) is 20.1 Å². The Labute approximate surface area is 114 Å². The standard InChI is InChI=1S/C15H24O4/c1-8-5-12(16)11(14(3,4)18)6-10-9(2)13(17)7-15(8,10)19/h8,11-12,16,18-19H,5-7H2,1-4H3/t8-,11-,12+,15-/m0/s1. The van der Waals surface area contributed by atoms with E-state index in [1.165, 1.54) is 0 Å². The molecule has 0 heterocycles. The molecule has 1 saturated carbocycles. The Morgan fingerprint density at radius 1 is 1.37 bits per heavy atom. The number of rotatable bonds is 1. The van der Waals surface area contributed by atoms with Gasteiger partial charge in [0, 0.05) is 12.3 Å². The zero-order valence-electron chi connectivity index (χ0n) is 12.1. The molecule has 0 unspecified atom stereocenters. The van der Waals surface area contributed by atoms with Crippen molar-refractivity contribution >= 4 is 5.78 Å². The fraction of sp³-hybridized carbons (Fsp3) is 0.800. The number of ketones is 1. The van der Waals surface area contributed by atoms with Gasteiger partial charge in [0.25, 0.3) is 0 Å². The number of hydrogen-bond acceptors (Lipinski definition) is 4. The van der Waals surface area contributed by atoms with Crippen molar-refractivity contribution in [3.8, 4) is 0 Å². The zero-order chi connectivity index (χ0) is 14.6. The summed E-state index contributed by atoms with van der Waals surface area (Å²) in [7, 11) is 0. The van der Waals surface area contributed by atoms with Crippen LogP contribution in [-0.4, -0.2) is 38.4 Å². The number of allylic oxidation sites excluding steroid dienone is 1. The molecule has 2 aliphatic carbocycles. The number of fused-ring (bicyclic) bond motifs is 1. The number of hydrogen-bond donors (Lipinski definition) is 3. The van der Waals surface area contributed by atoms with Crippen molar-refractivity contribution in [3.63, 3.8) is 0 Å². The van der Waals surface area contributed by atoms with Crippen LogP contribution in [0.2, 0.25) is 0 Å². The zero-order valence-corrected chi connectivity index (χ0v) is 12.1. The molecule has 4 heteroatoms. The lowest BCUT2D eigenvalue weighted by Gasteiger charge is -2.32. The van der Waals surface area contributed by atoms with E-state index in [4.69, 9.17) is 0 Å². The highest BCUT2D eigenvalue weighted by atomic mass is 16.3. The van der Waals surface area contributed by atoms with Crippen molar-refractivity contribution in [2.75, 3.05) is 0 Å². The van der Waals surface area contributed by atoms with Gasteiger partial charge in [-0.25, -0.2) is 0 Å². The summed E-state index contributed by atoms with van der Waals surface area (Å²) in [6.45, 7) is 6.94. The molecule has 0 aromatic rings. The molecular formula is C15H24O4. The third-order valence-corrected chi connectivity index (χ3v) is 5.03. The maximum Gasteiger partial charge on any atom is 0.161 e. The molecule has 19 heavy (non-hydrogen) atoms. The Balaban J connectivity index is 2.47. The molecule has 2 aliphatic rings. The highest BCUT2D eigenvalue weighted by Crippen LogP contribution is 2.48. The second-order valence-electron chi connectivity index (χ2n) is 6.80. The molecule has 1 fully saturated rings. The first-order chi connectivity index (χ1) is 8.57. The van der Waals surface area contributed by atoms with Crippen molar-refractivity contribution < 1.29 is 20.1 Å². The van der Waals surface area contributed by atoms with Crippen molar-refractivity contribution in [2.24, 2.45) is 11.8 Å². The SMILES string of the molecule is CC1=C2C[C@H](C(C)(C)O)[C@H](O)C[C@H](C)[C@@]2(O)CC1=O. The lowest BCUT2D eigenvalue weighted by Crippen LogP contribution is -2.39. The van der Waals surface area contributed by atoms with E-state index >= 15 is 0 Å². The van der Waals surface area contributed by atoms with E-state index in [1.807, 2.05) is 6.92 Å². The van der Waals surface area contributed by atoms with Crippen molar-refractivity contribution in [3.05, 3.63) is 11.1 Å². The first-order valence-corrected chi connectivity index (χ1v) is 6.93. The largest absolute Gasteiger partial charge is 0.393 e. The van der Waals surface area contributed by atoms with Gasteiger partial charge in [0.1, 0.15) is 0 Å². The van der Waals surface area contributed by atoms with Gasteiger partial charge in [-0.1, -0.05) is 6.92 Å². The van der Waals surface area contributed by atoms with Crippen LogP contribution in [0.3, 0.4) is 0 Å². The van der Waals surface area contributed by atoms with E-state index in [-0.39, 0.29) is 24.0 Å². The molecule has 0 aliphatic heterocycles. The van der Waals surface area contributed by atoms with Crippen LogP contribution in [0, 0.1) is 11.8 Å². The highest BCUT2D eigenvalue weighted by molar-refractivity contribution is 6.00. The van der Waals surface area contributed by atoms with Gasteiger partial charge >= 0.3 is 0 Å². The maximum atomic E-state index is 11.9. The molecule has 2 rings (SSSR count). The Bertz CT molecular complexity index is 432. The Morgan fingerprint density at radius 2 is 1.95 bits per heavy atom. The van der Waals surface area contributed by atoms with Crippen LogP contribution < -0.4 is 0 Å². The van der Waals surface area contributed by atoms with Gasteiger partial charge in [0.15, 0.2) is 5.78 Å². The highest BCUT2D eigenvalue weighted by Gasteiger charge is 2.51. The summed E-state index contributed by atoms with van der Waals surface area (Å²) in [6.07, 6.45) is 0.221. The predicted octanol–water partition coefficient (Wildman–Crippen LogP) is 1.18. The molecular weight excluding hydrogens is 244 g/mol. The van der Waals surface area contributed by atoms with Gasteiger partial charge in [-0.2, -0.15) is 0 Å². The summed E-state index contributed by atoms with van der Waals surface area (Å²) in [5.74, 6) is -0.568. The first kappa shape index (κ1) is 14.7. The summed E-state index contributed by atoms with van der Waals surface area (Å²) in [4.78, 5) is 11.9. The number of aliphatic hydroxyl groups is 3. The smallest absolute Gasteiger partial charge is 0.161 e. The van der Waals surface area contributed by atoms with E-state index < -0.39 is 17.3 Å². The lowest BCUT2D eigenvalue weighted by atomic mass is 9.80. The van der Waals surface area contributed by atoms with Crippen molar-refractivity contribution in [1.82, 2.24) is 0 Å². The van der Waals surface area contributed by atoms with Crippen LogP contribution in [0.4, 0.5) is 0 Å². The second-order valence-corrected chi connectivity index (χ2v) is 6.80. The maximum absolute atomic E-state index is 11.9. The Hall–Kier alpha value is -0.710. The van der Waals surface area contributed by atoms with E-state index in [2.05, 4.69) is 0 Å². The molecule has 4 atom stereocenters. The number of carbonyl (C=O) groups is 1. The summed E-state index contributed by atoms with van der Waals surface area (Å²) in [6, 6.07) is 0. The summed E-state index contributed by atoms with van der Waals surface area (Å²) >= 11 is 0. The van der Waals surface area contributed by atoms with Gasteiger partial charge in [0.05, 0.1) is 17.3 Å². The molecule has 3 N–H and O–H groups in total. The minimum Gasteiger partial charge on any atom is -0.393 e. The topological polar surface area (TPSA) is 77.8 Å². The monoisotopic (exact) mass is 268 g/mol. The molecule has 0 bridgehead atoms. The molecule has 4 nitrogen and oxygen atoms in total. The molecule has 0 saturated heterocycles. The number of carbonyl (C=O) groups excluding carboxylic acids is 1. The normalized spacial score (nSPS) is 40.4. The van der Waals surface area contributed by atoms with Crippen LogP contribution in [0.5, 0.6) is 0 Å². The molecule has 0 spiro atoms. The Kier molecular flexibility index (Phi) is 3.40. The minimum absolute atomic E-state index is 0.0183. The quantitative estimate of drug-likeness (QED) is 0.667. The average Bonchev–Trinajstić information content (AvgIpc) is 2.40. The predicted molar refractivity (Wildman–Crippen MR) is 71.5 cm³/mol. The fourth-order valence-corrected chi connectivity index (χ4v) is 3.58. The minimum atomic E-state index is -1.14. The van der Waals surface area contributed by atoms with Crippen LogP contribution >= 0.6 is 0 Å². The summed E-state index contributed by atoms with van der Waals surface area (Å²) in [5, 5.41) is 31.4. The molecule has 0 amide bonds. The van der Waals surface area contributed by atoms with Crippen molar-refractivity contribution in [2.45, 2.75) is 64.3 Å². The van der Waals surface area contributed by atoms with Gasteiger partial charge in [-0.15, -0.1) is 0 Å². The van der Waals surface area contributed by atoms with Gasteiger partial charge in [-0.3, -0.25) is 4.79 Å². The molecule has 108 valence electrons. The van der Waals surface area contributed by atoms with Crippen LogP contribution in [0.25, 0.3) is 0 Å².